The second-order valence-electron chi connectivity index (χ2n) is 4.28. The number of halogens is 2. The smallest absolute Gasteiger partial charge is 0.406 e. The van der Waals surface area contributed by atoms with Crippen LogP contribution in [0.25, 0.3) is 0 Å². The highest BCUT2D eigenvalue weighted by Gasteiger charge is 2.19. The van der Waals surface area contributed by atoms with Crippen molar-refractivity contribution in [3.63, 3.8) is 0 Å². The van der Waals surface area contributed by atoms with E-state index in [4.69, 9.17) is 27.9 Å². The molecule has 21 heavy (non-hydrogen) atoms. The van der Waals surface area contributed by atoms with Gasteiger partial charge in [-0.2, -0.15) is 0 Å². The number of carbonyl (C=O) groups excluding carboxylic acids is 1. The van der Waals surface area contributed by atoms with Crippen molar-refractivity contribution in [1.29, 1.82) is 0 Å². The molecule has 112 valence electrons. The van der Waals surface area contributed by atoms with Crippen LogP contribution in [-0.4, -0.2) is 40.4 Å². The van der Waals surface area contributed by atoms with Gasteiger partial charge in [0.05, 0.1) is 16.0 Å². The molecule has 0 saturated carbocycles. The fourth-order valence-electron chi connectivity index (χ4n) is 1.77. The molecule has 2 aromatic rings. The molecule has 1 amide bonds. The Bertz CT molecular complexity index is 606. The monoisotopic (exact) mass is 329 g/mol. The van der Waals surface area contributed by atoms with E-state index in [0.29, 0.717) is 22.3 Å². The van der Waals surface area contributed by atoms with Crippen LogP contribution in [-0.2, 0) is 11.2 Å². The first kappa shape index (κ1) is 15.5. The van der Waals surface area contributed by atoms with Crippen molar-refractivity contribution >= 4 is 29.3 Å². The van der Waals surface area contributed by atoms with E-state index >= 15 is 0 Å². The Balaban J connectivity index is 2.11. The maximum atomic E-state index is 11.2. The van der Waals surface area contributed by atoms with E-state index in [9.17, 15) is 4.79 Å². The Morgan fingerprint density at radius 1 is 1.43 bits per heavy atom. The molecule has 0 fully saturated rings. The van der Waals surface area contributed by atoms with E-state index in [-0.39, 0.29) is 12.5 Å². The van der Waals surface area contributed by atoms with E-state index in [2.05, 4.69) is 25.9 Å². The Kier molecular flexibility index (Phi) is 5.35. The first-order valence-corrected chi connectivity index (χ1v) is 6.87. The summed E-state index contributed by atoms with van der Waals surface area (Å²) in [5.41, 5.74) is 0.936. The van der Waals surface area contributed by atoms with Gasteiger partial charge in [0.15, 0.2) is 5.82 Å². The summed E-state index contributed by atoms with van der Waals surface area (Å²) in [7, 11) is 1.49. The Hall–Kier alpha value is -1.86. The van der Waals surface area contributed by atoms with E-state index in [1.165, 1.54) is 7.05 Å². The molecule has 1 atom stereocenters. The van der Waals surface area contributed by atoms with Gasteiger partial charge in [-0.25, -0.2) is 9.89 Å². The number of nitrogens with zero attached hydrogens (tertiary/aromatic N) is 3. The predicted octanol–water partition coefficient (Wildman–Crippen LogP) is 2.19. The molecule has 1 heterocycles. The number of rotatable bonds is 5. The van der Waals surface area contributed by atoms with Crippen molar-refractivity contribution in [2.75, 3.05) is 13.7 Å². The standard InChI is InChI=1S/C12H13Cl2N5O2/c1-15-12(20)21-6-8(11-16-18-19-17-11)4-7-2-3-9(13)10(14)5-7/h2-3,5,8H,4,6H2,1H3,(H,15,20)(H,16,17,18,19). The molecule has 0 spiro atoms. The van der Waals surface area contributed by atoms with Crippen LogP contribution in [0.2, 0.25) is 10.0 Å². The lowest BCUT2D eigenvalue weighted by Gasteiger charge is -2.14. The molecule has 0 radical (unpaired) electrons. The molecule has 2 rings (SSSR count). The van der Waals surface area contributed by atoms with E-state index < -0.39 is 6.09 Å². The molecule has 0 aliphatic heterocycles. The Morgan fingerprint density at radius 2 is 2.24 bits per heavy atom. The Morgan fingerprint density at radius 3 is 2.86 bits per heavy atom. The number of aromatic amines is 1. The lowest BCUT2D eigenvalue weighted by Crippen LogP contribution is -2.23. The zero-order chi connectivity index (χ0) is 15.2. The minimum atomic E-state index is -0.512. The number of hydrogen-bond acceptors (Lipinski definition) is 5. The summed E-state index contributed by atoms with van der Waals surface area (Å²) in [6.07, 6.45) is 0.0340. The summed E-state index contributed by atoms with van der Waals surface area (Å²) < 4.78 is 5.08. The van der Waals surface area contributed by atoms with Gasteiger partial charge in [0, 0.05) is 7.05 Å². The first-order valence-electron chi connectivity index (χ1n) is 6.12. The fourth-order valence-corrected chi connectivity index (χ4v) is 2.09. The van der Waals surface area contributed by atoms with Crippen LogP contribution in [0, 0.1) is 0 Å². The largest absolute Gasteiger partial charge is 0.449 e. The third-order valence-corrected chi connectivity index (χ3v) is 3.57. The van der Waals surface area contributed by atoms with Crippen LogP contribution in [0.5, 0.6) is 0 Å². The quantitative estimate of drug-likeness (QED) is 0.877. The third kappa shape index (κ3) is 4.30. The van der Waals surface area contributed by atoms with Crippen molar-refractivity contribution in [2.45, 2.75) is 12.3 Å². The third-order valence-electron chi connectivity index (χ3n) is 2.83. The summed E-state index contributed by atoms with van der Waals surface area (Å²) >= 11 is 11.9. The van der Waals surface area contributed by atoms with Crippen molar-refractivity contribution in [2.24, 2.45) is 0 Å². The normalized spacial score (nSPS) is 12.0. The number of benzene rings is 1. The molecule has 0 aliphatic carbocycles. The molecule has 7 nitrogen and oxygen atoms in total. The lowest BCUT2D eigenvalue weighted by molar-refractivity contribution is 0.139. The average molecular weight is 330 g/mol. The molecule has 9 heteroatoms. The van der Waals surface area contributed by atoms with Crippen molar-refractivity contribution in [3.8, 4) is 0 Å². The number of nitrogens with one attached hydrogen (secondary N) is 2. The molecule has 1 aromatic carbocycles. The number of hydrogen-bond donors (Lipinski definition) is 2. The van der Waals surface area contributed by atoms with Gasteiger partial charge >= 0.3 is 6.09 Å². The molecule has 0 saturated heterocycles. The molecule has 2 N–H and O–H groups in total. The summed E-state index contributed by atoms with van der Waals surface area (Å²) in [4.78, 5) is 11.2. The van der Waals surface area contributed by atoms with E-state index in [0.717, 1.165) is 5.56 Å². The van der Waals surface area contributed by atoms with Crippen molar-refractivity contribution < 1.29 is 9.53 Å². The van der Waals surface area contributed by atoms with Crippen LogP contribution < -0.4 is 5.32 Å². The molecular weight excluding hydrogens is 317 g/mol. The minimum absolute atomic E-state index is 0.136. The van der Waals surface area contributed by atoms with Gasteiger partial charge < -0.3 is 10.1 Å². The second kappa shape index (κ2) is 7.24. The summed E-state index contributed by atoms with van der Waals surface area (Å²) in [5.74, 6) is 0.319. The number of carbonyl (C=O) groups is 1. The maximum Gasteiger partial charge on any atom is 0.406 e. The van der Waals surface area contributed by atoms with Gasteiger partial charge in [-0.05, 0) is 34.5 Å². The fraction of sp³-hybridized carbons (Fsp3) is 0.333. The summed E-state index contributed by atoms with van der Waals surface area (Å²) in [5, 5.41) is 17.0. The number of ether oxygens (including phenoxy) is 1. The topological polar surface area (TPSA) is 92.8 Å². The number of alkyl carbamates (subject to hydrolysis) is 1. The highest BCUT2D eigenvalue weighted by atomic mass is 35.5. The van der Waals surface area contributed by atoms with Crippen LogP contribution in [0.1, 0.15) is 17.3 Å². The van der Waals surface area contributed by atoms with E-state index in [1.807, 2.05) is 6.07 Å². The van der Waals surface area contributed by atoms with Crippen molar-refractivity contribution in [3.05, 3.63) is 39.6 Å². The highest BCUT2D eigenvalue weighted by molar-refractivity contribution is 6.42. The van der Waals surface area contributed by atoms with Gasteiger partial charge in [0.25, 0.3) is 0 Å². The zero-order valence-electron chi connectivity index (χ0n) is 11.1. The lowest BCUT2D eigenvalue weighted by atomic mass is 9.99. The van der Waals surface area contributed by atoms with Gasteiger partial charge in [-0.15, -0.1) is 5.10 Å². The van der Waals surface area contributed by atoms with Crippen molar-refractivity contribution in [1.82, 2.24) is 25.9 Å². The number of aromatic nitrogens is 4. The van der Waals surface area contributed by atoms with E-state index in [1.54, 1.807) is 12.1 Å². The van der Waals surface area contributed by atoms with Gasteiger partial charge in [0.2, 0.25) is 0 Å². The number of tetrazole rings is 1. The minimum Gasteiger partial charge on any atom is -0.449 e. The highest BCUT2D eigenvalue weighted by Crippen LogP contribution is 2.25. The first-order chi connectivity index (χ1) is 10.1. The second-order valence-corrected chi connectivity index (χ2v) is 5.10. The summed E-state index contributed by atoms with van der Waals surface area (Å²) in [6.45, 7) is 0.136. The van der Waals surface area contributed by atoms with Crippen LogP contribution in [0.3, 0.4) is 0 Å². The maximum absolute atomic E-state index is 11.2. The van der Waals surface area contributed by atoms with Crippen LogP contribution in [0.15, 0.2) is 18.2 Å². The van der Waals surface area contributed by atoms with Gasteiger partial charge in [-0.3, -0.25) is 0 Å². The predicted molar refractivity (Wildman–Crippen MR) is 77.5 cm³/mol. The SMILES string of the molecule is CNC(=O)OCC(Cc1ccc(Cl)c(Cl)c1)c1nnn[nH]1. The molecule has 1 unspecified atom stereocenters. The number of H-pyrrole nitrogens is 1. The Labute approximate surface area is 131 Å². The molecule has 0 aliphatic rings. The summed E-state index contributed by atoms with van der Waals surface area (Å²) in [6, 6.07) is 5.33. The van der Waals surface area contributed by atoms with Gasteiger partial charge in [0.1, 0.15) is 6.61 Å². The molecular formula is C12H13Cl2N5O2. The average Bonchev–Trinajstić information content (AvgIpc) is 3.00. The molecule has 1 aromatic heterocycles. The van der Waals surface area contributed by atoms with Crippen LogP contribution in [0.4, 0.5) is 4.79 Å². The zero-order valence-corrected chi connectivity index (χ0v) is 12.6. The molecule has 0 bridgehead atoms. The van der Waals surface area contributed by atoms with Crippen LogP contribution >= 0.6 is 23.2 Å². The van der Waals surface area contributed by atoms with Gasteiger partial charge in [-0.1, -0.05) is 29.3 Å². The number of amides is 1.